The van der Waals surface area contributed by atoms with Gasteiger partial charge in [-0.05, 0) is 42.5 Å². The number of ether oxygens (including phenoxy) is 1. The average molecular weight is 441 g/mol. The fourth-order valence-corrected chi connectivity index (χ4v) is 3.42. The summed E-state index contributed by atoms with van der Waals surface area (Å²) in [4.78, 5) is 36.4. The van der Waals surface area contributed by atoms with E-state index in [4.69, 9.17) is 4.74 Å². The molecule has 0 saturated heterocycles. The van der Waals surface area contributed by atoms with Crippen LogP contribution in [0.3, 0.4) is 0 Å². The van der Waals surface area contributed by atoms with Crippen LogP contribution in [0, 0.1) is 32.1 Å². The molecule has 2 aromatic rings. The first-order valence-electron chi connectivity index (χ1n) is 10.1. The Bertz CT molecular complexity index is 971. The van der Waals surface area contributed by atoms with Gasteiger partial charge in [-0.15, -0.1) is 6.58 Å². The van der Waals surface area contributed by atoms with Crippen LogP contribution < -0.4 is 9.64 Å². The quantitative estimate of drug-likeness (QED) is 0.277. The minimum atomic E-state index is -0.749. The first-order chi connectivity index (χ1) is 15.1. The number of carbonyl (C=O) groups excluding carboxylic acids is 1. The van der Waals surface area contributed by atoms with E-state index in [0.717, 1.165) is 18.2 Å². The maximum atomic E-state index is 13.7. The van der Waals surface area contributed by atoms with Crippen LogP contribution in [-0.4, -0.2) is 28.9 Å². The molecule has 0 fully saturated rings. The average Bonchev–Trinajstić information content (AvgIpc) is 2.78. The molecule has 2 atom stereocenters. The van der Waals surface area contributed by atoms with Gasteiger partial charge in [0.25, 0.3) is 17.3 Å². The summed E-state index contributed by atoms with van der Waals surface area (Å²) in [6.45, 7) is 9.75. The molecule has 2 rings (SSSR count). The number of nitrogens with zero attached hydrogens (tertiary/aromatic N) is 3. The fraction of sp³-hybridized carbons (Fsp3) is 0.348. The lowest BCUT2D eigenvalue weighted by Gasteiger charge is -2.36. The van der Waals surface area contributed by atoms with Gasteiger partial charge in [0.05, 0.1) is 28.6 Å². The van der Waals surface area contributed by atoms with Gasteiger partial charge in [0.15, 0.2) is 0 Å². The Morgan fingerprint density at radius 3 is 2.00 bits per heavy atom. The van der Waals surface area contributed by atoms with Crippen molar-refractivity contribution in [2.75, 3.05) is 12.0 Å². The number of amides is 1. The summed E-state index contributed by atoms with van der Waals surface area (Å²) in [6.07, 6.45) is 2.39. The Hall–Kier alpha value is -3.75. The molecule has 0 aromatic heterocycles. The van der Waals surface area contributed by atoms with Crippen molar-refractivity contribution in [2.45, 2.75) is 33.2 Å². The number of allylic oxidation sites excluding steroid dienone is 1. The van der Waals surface area contributed by atoms with E-state index in [9.17, 15) is 25.0 Å². The number of rotatable bonds is 10. The minimum Gasteiger partial charge on any atom is -0.497 e. The van der Waals surface area contributed by atoms with Gasteiger partial charge in [0, 0.05) is 23.9 Å². The molecule has 0 N–H and O–H groups in total. The van der Waals surface area contributed by atoms with E-state index < -0.39 is 27.1 Å². The van der Waals surface area contributed by atoms with Crippen molar-refractivity contribution < 1.29 is 19.4 Å². The molecule has 32 heavy (non-hydrogen) atoms. The van der Waals surface area contributed by atoms with Crippen molar-refractivity contribution in [3.05, 3.63) is 80.9 Å². The van der Waals surface area contributed by atoms with Crippen molar-refractivity contribution in [1.82, 2.24) is 0 Å². The maximum absolute atomic E-state index is 13.7. The summed E-state index contributed by atoms with van der Waals surface area (Å²) in [5.41, 5.74) is -0.603. The molecule has 0 spiro atoms. The zero-order chi connectivity index (χ0) is 24.0. The third-order valence-electron chi connectivity index (χ3n) is 5.26. The van der Waals surface area contributed by atoms with E-state index in [1.165, 1.54) is 7.11 Å². The highest BCUT2D eigenvalue weighted by Gasteiger charge is 2.31. The number of nitro benzene ring substituents is 2. The molecule has 0 aliphatic carbocycles. The molecule has 9 nitrogen and oxygen atoms in total. The van der Waals surface area contributed by atoms with E-state index in [2.05, 4.69) is 6.58 Å². The molecule has 0 radical (unpaired) electrons. The number of nitro groups is 2. The Morgan fingerprint density at radius 2 is 1.59 bits per heavy atom. The SMILES string of the molecule is C=C[C@H](C)C[C@@H](C(C)C)N(C(=O)c1cc([N+](=O)[O-])cc([N+](=O)[O-])c1)c1ccc(OC)cc1. The van der Waals surface area contributed by atoms with Crippen LogP contribution in [-0.2, 0) is 0 Å². The summed E-state index contributed by atoms with van der Waals surface area (Å²) in [6, 6.07) is 9.54. The van der Waals surface area contributed by atoms with Gasteiger partial charge < -0.3 is 9.64 Å². The van der Waals surface area contributed by atoms with Crippen LogP contribution in [0.2, 0.25) is 0 Å². The fourth-order valence-electron chi connectivity index (χ4n) is 3.42. The van der Waals surface area contributed by atoms with E-state index in [-0.39, 0.29) is 23.4 Å². The van der Waals surface area contributed by atoms with Crippen LogP contribution >= 0.6 is 0 Å². The van der Waals surface area contributed by atoms with Gasteiger partial charge in [-0.3, -0.25) is 25.0 Å². The molecule has 0 aliphatic heterocycles. The Morgan fingerprint density at radius 1 is 1.06 bits per heavy atom. The predicted molar refractivity (Wildman–Crippen MR) is 122 cm³/mol. The largest absolute Gasteiger partial charge is 0.497 e. The molecule has 0 heterocycles. The number of hydrogen-bond acceptors (Lipinski definition) is 6. The number of methoxy groups -OCH3 is 1. The first kappa shape index (κ1) is 24.5. The van der Waals surface area contributed by atoms with Crippen LogP contribution in [0.4, 0.5) is 17.1 Å². The van der Waals surface area contributed by atoms with Crippen molar-refractivity contribution >= 4 is 23.0 Å². The lowest BCUT2D eigenvalue weighted by atomic mass is 9.91. The molecule has 0 saturated carbocycles. The Kier molecular flexibility index (Phi) is 8.06. The third kappa shape index (κ3) is 5.69. The molecule has 0 aliphatic rings. The van der Waals surface area contributed by atoms with E-state index in [1.54, 1.807) is 35.2 Å². The van der Waals surface area contributed by atoms with E-state index in [0.29, 0.717) is 17.9 Å². The summed E-state index contributed by atoms with van der Waals surface area (Å²) in [7, 11) is 1.53. The molecule has 1 amide bonds. The lowest BCUT2D eigenvalue weighted by Crippen LogP contribution is -2.44. The molecule has 9 heteroatoms. The van der Waals surface area contributed by atoms with Gasteiger partial charge >= 0.3 is 0 Å². The monoisotopic (exact) mass is 441 g/mol. The number of carbonyl (C=O) groups is 1. The third-order valence-corrected chi connectivity index (χ3v) is 5.26. The second-order valence-electron chi connectivity index (χ2n) is 7.89. The van der Waals surface area contributed by atoms with Crippen molar-refractivity contribution in [1.29, 1.82) is 0 Å². The first-order valence-corrected chi connectivity index (χ1v) is 10.1. The Balaban J connectivity index is 2.67. The number of hydrogen-bond donors (Lipinski definition) is 0. The number of benzene rings is 2. The second-order valence-corrected chi connectivity index (χ2v) is 7.89. The molecular formula is C23H27N3O6. The topological polar surface area (TPSA) is 116 Å². The van der Waals surface area contributed by atoms with Crippen LogP contribution in [0.15, 0.2) is 55.1 Å². The van der Waals surface area contributed by atoms with E-state index in [1.807, 2.05) is 20.8 Å². The smallest absolute Gasteiger partial charge is 0.277 e. The maximum Gasteiger partial charge on any atom is 0.277 e. The highest BCUT2D eigenvalue weighted by atomic mass is 16.6. The van der Waals surface area contributed by atoms with Gasteiger partial charge in [0.2, 0.25) is 0 Å². The summed E-state index contributed by atoms with van der Waals surface area (Å²) < 4.78 is 5.20. The molecule has 170 valence electrons. The van der Waals surface area contributed by atoms with Crippen molar-refractivity contribution in [2.24, 2.45) is 11.8 Å². The zero-order valence-corrected chi connectivity index (χ0v) is 18.6. The van der Waals surface area contributed by atoms with Crippen molar-refractivity contribution in [3.8, 4) is 5.75 Å². The molecule has 2 aromatic carbocycles. The summed E-state index contributed by atoms with van der Waals surface area (Å²) >= 11 is 0. The van der Waals surface area contributed by atoms with Gasteiger partial charge in [0.1, 0.15) is 5.75 Å². The Labute approximate surface area is 186 Å². The lowest BCUT2D eigenvalue weighted by molar-refractivity contribution is -0.394. The van der Waals surface area contributed by atoms with Crippen LogP contribution in [0.1, 0.15) is 37.6 Å². The normalized spacial score (nSPS) is 12.7. The van der Waals surface area contributed by atoms with Crippen LogP contribution in [0.25, 0.3) is 0 Å². The van der Waals surface area contributed by atoms with Gasteiger partial charge in [-0.2, -0.15) is 0 Å². The molecule has 0 unspecified atom stereocenters. The minimum absolute atomic E-state index is 0.0251. The van der Waals surface area contributed by atoms with E-state index >= 15 is 0 Å². The number of anilines is 1. The van der Waals surface area contributed by atoms with Crippen molar-refractivity contribution in [3.63, 3.8) is 0 Å². The predicted octanol–water partition coefficient (Wildman–Crippen LogP) is 5.40. The summed E-state index contributed by atoms with van der Waals surface area (Å²) in [5.74, 6) is 0.164. The summed E-state index contributed by atoms with van der Waals surface area (Å²) in [5, 5.41) is 22.6. The van der Waals surface area contributed by atoms with Crippen LogP contribution in [0.5, 0.6) is 5.75 Å². The van der Waals surface area contributed by atoms with Gasteiger partial charge in [-0.1, -0.05) is 26.8 Å². The standard InChI is InChI=1S/C23H27N3O6/c1-6-16(4)11-22(15(2)3)24(18-7-9-21(32-5)10-8-18)23(27)17-12-19(25(28)29)14-20(13-17)26(30)31/h6-10,12-16,22H,1,11H2,2-5H3/t16-,22-/m0/s1. The number of non-ortho nitro benzene ring substituents is 2. The zero-order valence-electron chi connectivity index (χ0n) is 18.6. The second kappa shape index (κ2) is 10.5. The van der Waals surface area contributed by atoms with Gasteiger partial charge in [-0.25, -0.2) is 0 Å². The highest BCUT2D eigenvalue weighted by Crippen LogP contribution is 2.31. The molecular weight excluding hydrogens is 414 g/mol. The highest BCUT2D eigenvalue weighted by molar-refractivity contribution is 6.07. The molecule has 0 bridgehead atoms.